The second-order valence-corrected chi connectivity index (χ2v) is 10.1. The molecule has 0 saturated heterocycles. The van der Waals surface area contributed by atoms with E-state index in [0.29, 0.717) is 11.3 Å². The van der Waals surface area contributed by atoms with Gasteiger partial charge in [-0.3, -0.25) is 9.10 Å². The van der Waals surface area contributed by atoms with E-state index in [1.54, 1.807) is 55.6 Å². The highest BCUT2D eigenvalue weighted by Gasteiger charge is 2.19. The molecular weight excluding hydrogens is 450 g/mol. The van der Waals surface area contributed by atoms with Crippen LogP contribution in [0, 0.1) is 0 Å². The highest BCUT2D eigenvalue weighted by Crippen LogP contribution is 2.26. The average molecular weight is 478 g/mol. The van der Waals surface area contributed by atoms with E-state index in [4.69, 9.17) is 4.74 Å². The Bertz CT molecular complexity index is 1300. The van der Waals surface area contributed by atoms with Crippen LogP contribution in [0.1, 0.15) is 39.9 Å². The number of para-hydroxylation sites is 1. The SMILES string of the molecule is COc1ccc2c(c1)CCC/C2=N/NC(=O)c1ccc(CN(c2ccccc2)S(C)(=O)=O)cc1. The van der Waals surface area contributed by atoms with Crippen molar-refractivity contribution in [3.8, 4) is 5.75 Å². The molecule has 0 atom stereocenters. The Hall–Kier alpha value is -3.65. The van der Waals surface area contributed by atoms with Crippen LogP contribution in [-0.4, -0.2) is 33.4 Å². The molecule has 1 amide bonds. The summed E-state index contributed by atoms with van der Waals surface area (Å²) in [6, 6.07) is 21.7. The molecule has 1 aliphatic carbocycles. The van der Waals surface area contributed by atoms with Crippen molar-refractivity contribution < 1.29 is 17.9 Å². The number of methoxy groups -OCH3 is 1. The molecule has 0 radical (unpaired) electrons. The number of hydrogen-bond acceptors (Lipinski definition) is 5. The molecule has 1 aliphatic rings. The van der Waals surface area contributed by atoms with Crippen molar-refractivity contribution in [2.24, 2.45) is 5.10 Å². The molecule has 0 unspecified atom stereocenters. The predicted molar refractivity (Wildman–Crippen MR) is 134 cm³/mol. The standard InChI is InChI=1S/C26H27N3O4S/c1-33-23-15-16-24-21(17-23)7-6-10-25(24)27-28-26(30)20-13-11-19(12-14-20)18-29(34(2,31)32)22-8-4-3-5-9-22/h3-5,8-9,11-17H,6-7,10,18H2,1-2H3,(H,28,30)/b27-25-. The van der Waals surface area contributed by atoms with E-state index in [9.17, 15) is 13.2 Å². The first-order valence-corrected chi connectivity index (χ1v) is 12.9. The molecule has 4 rings (SSSR count). The maximum absolute atomic E-state index is 12.7. The summed E-state index contributed by atoms with van der Waals surface area (Å²) < 4.78 is 31.3. The van der Waals surface area contributed by atoms with Gasteiger partial charge in [-0.1, -0.05) is 30.3 Å². The number of nitrogens with one attached hydrogen (secondary N) is 1. The van der Waals surface area contributed by atoms with Crippen molar-refractivity contribution in [1.29, 1.82) is 0 Å². The molecule has 0 aromatic heterocycles. The minimum atomic E-state index is -3.46. The number of amides is 1. The number of aryl methyl sites for hydroxylation is 1. The first-order valence-electron chi connectivity index (χ1n) is 11.0. The molecule has 0 spiro atoms. The minimum absolute atomic E-state index is 0.174. The highest BCUT2D eigenvalue weighted by molar-refractivity contribution is 7.92. The molecule has 1 N–H and O–H groups in total. The Kier molecular flexibility index (Phi) is 6.98. The number of fused-ring (bicyclic) bond motifs is 1. The molecule has 0 saturated carbocycles. The van der Waals surface area contributed by atoms with Gasteiger partial charge in [0, 0.05) is 11.1 Å². The summed E-state index contributed by atoms with van der Waals surface area (Å²) in [7, 11) is -1.82. The van der Waals surface area contributed by atoms with Crippen molar-refractivity contribution in [3.63, 3.8) is 0 Å². The second kappa shape index (κ2) is 10.1. The van der Waals surface area contributed by atoms with E-state index >= 15 is 0 Å². The lowest BCUT2D eigenvalue weighted by Gasteiger charge is -2.22. The molecule has 0 heterocycles. The van der Waals surface area contributed by atoms with Gasteiger partial charge in [-0.2, -0.15) is 5.10 Å². The van der Waals surface area contributed by atoms with Crippen molar-refractivity contribution in [2.45, 2.75) is 25.8 Å². The van der Waals surface area contributed by atoms with Crippen molar-refractivity contribution >= 4 is 27.3 Å². The Labute approximate surface area is 200 Å². The number of nitrogens with zero attached hydrogens (tertiary/aromatic N) is 2. The van der Waals surface area contributed by atoms with Gasteiger partial charge in [0.05, 0.1) is 31.3 Å². The number of carbonyl (C=O) groups excluding carboxylic acids is 1. The first-order chi connectivity index (χ1) is 16.3. The average Bonchev–Trinajstić information content (AvgIpc) is 2.85. The largest absolute Gasteiger partial charge is 0.497 e. The van der Waals surface area contributed by atoms with E-state index in [1.165, 1.54) is 10.6 Å². The summed E-state index contributed by atoms with van der Waals surface area (Å²) in [5, 5.41) is 4.39. The summed E-state index contributed by atoms with van der Waals surface area (Å²) in [6.07, 6.45) is 3.89. The normalized spacial score (nSPS) is 14.4. The fourth-order valence-corrected chi connectivity index (χ4v) is 4.88. The molecule has 0 aliphatic heterocycles. The van der Waals surface area contributed by atoms with E-state index in [2.05, 4.69) is 10.5 Å². The maximum Gasteiger partial charge on any atom is 0.271 e. The lowest BCUT2D eigenvalue weighted by molar-refractivity contribution is 0.0954. The third-order valence-corrected chi connectivity index (χ3v) is 6.90. The smallest absolute Gasteiger partial charge is 0.271 e. The van der Waals surface area contributed by atoms with Crippen LogP contribution in [0.25, 0.3) is 0 Å². The quantitative estimate of drug-likeness (QED) is 0.518. The van der Waals surface area contributed by atoms with Crippen LogP contribution in [0.15, 0.2) is 77.9 Å². The number of carbonyl (C=O) groups is 1. The Morgan fingerprint density at radius 1 is 1.03 bits per heavy atom. The Balaban J connectivity index is 1.46. The van der Waals surface area contributed by atoms with Gasteiger partial charge in [0.2, 0.25) is 10.0 Å². The molecule has 8 heteroatoms. The van der Waals surface area contributed by atoms with E-state index in [-0.39, 0.29) is 12.5 Å². The van der Waals surface area contributed by atoms with Gasteiger partial charge in [-0.15, -0.1) is 0 Å². The topological polar surface area (TPSA) is 88.1 Å². The van der Waals surface area contributed by atoms with Gasteiger partial charge in [-0.05, 0) is 72.9 Å². The number of anilines is 1. The third-order valence-electron chi connectivity index (χ3n) is 5.76. The number of benzene rings is 3. The van der Waals surface area contributed by atoms with Crippen LogP contribution < -0.4 is 14.5 Å². The molecule has 176 valence electrons. The molecule has 0 bridgehead atoms. The van der Waals surface area contributed by atoms with E-state index < -0.39 is 10.0 Å². The number of ether oxygens (including phenoxy) is 1. The zero-order valence-corrected chi connectivity index (χ0v) is 20.0. The van der Waals surface area contributed by atoms with Crippen LogP contribution >= 0.6 is 0 Å². The summed E-state index contributed by atoms with van der Waals surface area (Å²) in [6.45, 7) is 0.174. The predicted octanol–water partition coefficient (Wildman–Crippen LogP) is 4.13. The van der Waals surface area contributed by atoms with Gasteiger partial charge < -0.3 is 4.74 Å². The van der Waals surface area contributed by atoms with Crippen molar-refractivity contribution in [1.82, 2.24) is 5.43 Å². The zero-order valence-electron chi connectivity index (χ0n) is 19.2. The van der Waals surface area contributed by atoms with Crippen LogP contribution in [0.5, 0.6) is 5.75 Å². The minimum Gasteiger partial charge on any atom is -0.497 e. The van der Waals surface area contributed by atoms with Crippen LogP contribution in [0.3, 0.4) is 0 Å². The van der Waals surface area contributed by atoms with E-state index in [0.717, 1.165) is 47.4 Å². The molecule has 7 nitrogen and oxygen atoms in total. The Morgan fingerprint density at radius 3 is 2.44 bits per heavy atom. The fourth-order valence-electron chi connectivity index (χ4n) is 3.99. The molecule has 0 fully saturated rings. The summed E-state index contributed by atoms with van der Waals surface area (Å²) in [5.41, 5.74) is 7.51. The van der Waals surface area contributed by atoms with Gasteiger partial charge in [0.1, 0.15) is 5.75 Å². The number of hydrogen-bond donors (Lipinski definition) is 1. The number of sulfonamides is 1. The lowest BCUT2D eigenvalue weighted by atomic mass is 9.90. The molecule has 3 aromatic rings. The van der Waals surface area contributed by atoms with Gasteiger partial charge >= 0.3 is 0 Å². The third kappa shape index (κ3) is 5.46. The summed E-state index contributed by atoms with van der Waals surface area (Å²) in [5.74, 6) is 0.494. The zero-order chi connectivity index (χ0) is 24.1. The fraction of sp³-hybridized carbons (Fsp3) is 0.231. The second-order valence-electron chi connectivity index (χ2n) is 8.18. The molecule has 3 aromatic carbocycles. The maximum atomic E-state index is 12.7. The summed E-state index contributed by atoms with van der Waals surface area (Å²) >= 11 is 0. The van der Waals surface area contributed by atoms with Crippen LogP contribution in [0.2, 0.25) is 0 Å². The molecule has 34 heavy (non-hydrogen) atoms. The molecular formula is C26H27N3O4S. The van der Waals surface area contributed by atoms with Gasteiger partial charge in [-0.25, -0.2) is 13.8 Å². The highest BCUT2D eigenvalue weighted by atomic mass is 32.2. The van der Waals surface area contributed by atoms with Gasteiger partial charge in [0.25, 0.3) is 5.91 Å². The lowest BCUT2D eigenvalue weighted by Crippen LogP contribution is -2.29. The monoisotopic (exact) mass is 477 g/mol. The van der Waals surface area contributed by atoms with Crippen LogP contribution in [-0.2, 0) is 23.0 Å². The van der Waals surface area contributed by atoms with Gasteiger partial charge in [0.15, 0.2) is 0 Å². The number of rotatable bonds is 7. The van der Waals surface area contributed by atoms with E-state index in [1.807, 2.05) is 24.3 Å². The first kappa shape index (κ1) is 23.5. The Morgan fingerprint density at radius 2 is 1.76 bits per heavy atom. The van der Waals surface area contributed by atoms with Crippen LogP contribution in [0.4, 0.5) is 5.69 Å². The van der Waals surface area contributed by atoms with Crippen molar-refractivity contribution in [2.75, 3.05) is 17.7 Å². The number of hydrazone groups is 1. The summed E-state index contributed by atoms with van der Waals surface area (Å²) in [4.78, 5) is 12.7. The van der Waals surface area contributed by atoms with Crippen molar-refractivity contribution in [3.05, 3.63) is 95.1 Å².